The van der Waals surface area contributed by atoms with E-state index >= 15 is 0 Å². The summed E-state index contributed by atoms with van der Waals surface area (Å²) in [6.45, 7) is 4.73. The number of nitrogens with two attached hydrogens (primary N) is 1. The number of halogens is 3. The third-order valence-electron chi connectivity index (χ3n) is 2.71. The third kappa shape index (κ3) is 3.84. The zero-order valence-corrected chi connectivity index (χ0v) is 9.93. The first-order valence-electron chi connectivity index (χ1n) is 5.55. The number of nitrogens with one attached hydrogen (secondary N) is 1. The molecule has 0 bridgehead atoms. The van der Waals surface area contributed by atoms with Crippen molar-refractivity contribution in [3.05, 3.63) is 23.8 Å². The maximum atomic E-state index is 12.6. The van der Waals surface area contributed by atoms with Gasteiger partial charge in [-0.1, -0.05) is 20.3 Å². The van der Waals surface area contributed by atoms with Crippen molar-refractivity contribution in [2.45, 2.75) is 26.4 Å². The zero-order chi connectivity index (χ0) is 13.1. The van der Waals surface area contributed by atoms with Crippen molar-refractivity contribution in [3.63, 3.8) is 0 Å². The van der Waals surface area contributed by atoms with Gasteiger partial charge in [0.05, 0.1) is 5.56 Å². The van der Waals surface area contributed by atoms with Gasteiger partial charge < -0.3 is 11.1 Å². The molecule has 17 heavy (non-hydrogen) atoms. The number of hydrogen-bond donors (Lipinski definition) is 2. The highest BCUT2D eigenvalue weighted by Crippen LogP contribution is 2.35. The van der Waals surface area contributed by atoms with Crippen LogP contribution in [0.5, 0.6) is 0 Å². The Bertz CT molecular complexity index is 375. The van der Waals surface area contributed by atoms with Crippen LogP contribution in [-0.2, 0) is 6.18 Å². The first kappa shape index (κ1) is 13.7. The normalized spacial score (nSPS) is 13.5. The smallest absolute Gasteiger partial charge is 0.398 e. The fourth-order valence-corrected chi connectivity index (χ4v) is 1.35. The molecule has 0 aliphatic rings. The summed E-state index contributed by atoms with van der Waals surface area (Å²) >= 11 is 0. The van der Waals surface area contributed by atoms with E-state index in [1.165, 1.54) is 6.07 Å². The largest absolute Gasteiger partial charge is 0.418 e. The van der Waals surface area contributed by atoms with Gasteiger partial charge in [0.25, 0.3) is 0 Å². The fraction of sp³-hybridized carbons (Fsp3) is 0.500. The number of nitrogen functional groups attached to an aromatic ring is 1. The molecule has 96 valence electrons. The van der Waals surface area contributed by atoms with Crippen LogP contribution in [0, 0.1) is 5.92 Å². The fourth-order valence-electron chi connectivity index (χ4n) is 1.35. The molecule has 1 aromatic rings. The van der Waals surface area contributed by atoms with Gasteiger partial charge in [0.1, 0.15) is 0 Å². The summed E-state index contributed by atoms with van der Waals surface area (Å²) in [6.07, 6.45) is -3.42. The van der Waals surface area contributed by atoms with Crippen LogP contribution >= 0.6 is 0 Å². The van der Waals surface area contributed by atoms with Crippen molar-refractivity contribution in [2.75, 3.05) is 17.6 Å². The molecule has 2 nitrogen and oxygen atoms in total. The Morgan fingerprint density at radius 2 is 2.00 bits per heavy atom. The molecule has 0 aliphatic heterocycles. The molecule has 0 aliphatic carbocycles. The molecule has 0 saturated carbocycles. The molecular formula is C12H17F3N2. The van der Waals surface area contributed by atoms with Crippen LogP contribution in [0.15, 0.2) is 18.2 Å². The van der Waals surface area contributed by atoms with Gasteiger partial charge in [-0.2, -0.15) is 13.2 Å². The third-order valence-corrected chi connectivity index (χ3v) is 2.71. The van der Waals surface area contributed by atoms with Gasteiger partial charge in [-0.3, -0.25) is 0 Å². The first-order valence-corrected chi connectivity index (χ1v) is 5.55. The lowest BCUT2D eigenvalue weighted by Crippen LogP contribution is -2.13. The highest BCUT2D eigenvalue weighted by Gasteiger charge is 2.33. The van der Waals surface area contributed by atoms with Crippen LogP contribution in [-0.4, -0.2) is 6.54 Å². The summed E-state index contributed by atoms with van der Waals surface area (Å²) in [5.41, 5.74) is 4.73. The maximum Gasteiger partial charge on any atom is 0.418 e. The van der Waals surface area contributed by atoms with E-state index in [0.29, 0.717) is 18.2 Å². The van der Waals surface area contributed by atoms with Gasteiger partial charge >= 0.3 is 6.18 Å². The predicted molar refractivity (Wildman–Crippen MR) is 63.8 cm³/mol. The minimum Gasteiger partial charge on any atom is -0.398 e. The van der Waals surface area contributed by atoms with Crippen molar-refractivity contribution in [1.29, 1.82) is 0 Å². The second-order valence-electron chi connectivity index (χ2n) is 4.19. The van der Waals surface area contributed by atoms with Crippen molar-refractivity contribution < 1.29 is 13.2 Å². The van der Waals surface area contributed by atoms with Gasteiger partial charge in [0.15, 0.2) is 0 Å². The molecule has 0 fully saturated rings. The van der Waals surface area contributed by atoms with Crippen LogP contribution in [0.25, 0.3) is 0 Å². The van der Waals surface area contributed by atoms with Gasteiger partial charge in [-0.15, -0.1) is 0 Å². The average Bonchev–Trinajstić information content (AvgIpc) is 2.26. The van der Waals surface area contributed by atoms with E-state index in [9.17, 15) is 13.2 Å². The maximum absolute atomic E-state index is 12.6. The SMILES string of the molecule is CCC(C)CNc1ccc(N)c(C(F)(F)F)c1. The summed E-state index contributed by atoms with van der Waals surface area (Å²) in [5, 5.41) is 2.98. The lowest BCUT2D eigenvalue weighted by molar-refractivity contribution is -0.136. The zero-order valence-electron chi connectivity index (χ0n) is 9.93. The molecule has 1 aromatic carbocycles. The molecular weight excluding hydrogens is 229 g/mol. The average molecular weight is 246 g/mol. The van der Waals surface area contributed by atoms with Crippen molar-refractivity contribution in [2.24, 2.45) is 5.92 Å². The van der Waals surface area contributed by atoms with E-state index < -0.39 is 11.7 Å². The number of benzene rings is 1. The molecule has 0 amide bonds. The molecule has 0 saturated heterocycles. The van der Waals surface area contributed by atoms with Crippen LogP contribution in [0.4, 0.5) is 24.5 Å². The summed E-state index contributed by atoms with van der Waals surface area (Å²) in [7, 11) is 0. The van der Waals surface area contributed by atoms with Crippen LogP contribution in [0.3, 0.4) is 0 Å². The molecule has 0 radical (unpaired) electrons. The van der Waals surface area contributed by atoms with E-state index in [-0.39, 0.29) is 5.69 Å². The van der Waals surface area contributed by atoms with Crippen molar-refractivity contribution in [3.8, 4) is 0 Å². The van der Waals surface area contributed by atoms with E-state index in [1.807, 2.05) is 13.8 Å². The second-order valence-corrected chi connectivity index (χ2v) is 4.19. The van der Waals surface area contributed by atoms with Crippen molar-refractivity contribution >= 4 is 11.4 Å². The van der Waals surface area contributed by atoms with Crippen LogP contribution in [0.2, 0.25) is 0 Å². The monoisotopic (exact) mass is 246 g/mol. The first-order chi connectivity index (χ1) is 7.84. The van der Waals surface area contributed by atoms with Gasteiger partial charge in [0, 0.05) is 17.9 Å². The Labute approximate surface area is 99.0 Å². The molecule has 1 unspecified atom stereocenters. The number of anilines is 2. The summed E-state index contributed by atoms with van der Waals surface area (Å²) in [5.74, 6) is 0.418. The van der Waals surface area contributed by atoms with Gasteiger partial charge in [0.2, 0.25) is 0 Å². The van der Waals surface area contributed by atoms with E-state index in [0.717, 1.165) is 12.5 Å². The predicted octanol–water partition coefficient (Wildman–Crippen LogP) is 3.75. The van der Waals surface area contributed by atoms with Gasteiger partial charge in [-0.05, 0) is 24.1 Å². The quantitative estimate of drug-likeness (QED) is 0.794. The highest BCUT2D eigenvalue weighted by atomic mass is 19.4. The number of hydrogen-bond acceptors (Lipinski definition) is 2. The molecule has 0 heterocycles. The Kier molecular flexibility index (Phi) is 4.26. The molecule has 1 atom stereocenters. The van der Waals surface area contributed by atoms with Crippen LogP contribution < -0.4 is 11.1 Å². The lowest BCUT2D eigenvalue weighted by Gasteiger charge is -2.15. The molecule has 5 heteroatoms. The lowest BCUT2D eigenvalue weighted by atomic mass is 10.1. The molecule has 0 spiro atoms. The molecule has 1 rings (SSSR count). The van der Waals surface area contributed by atoms with Crippen molar-refractivity contribution in [1.82, 2.24) is 0 Å². The molecule has 0 aromatic heterocycles. The van der Waals surface area contributed by atoms with E-state index in [2.05, 4.69) is 5.32 Å². The van der Waals surface area contributed by atoms with Crippen LogP contribution in [0.1, 0.15) is 25.8 Å². The van der Waals surface area contributed by atoms with E-state index in [1.54, 1.807) is 6.07 Å². The topological polar surface area (TPSA) is 38.0 Å². The standard InChI is InChI=1S/C12H17F3N2/c1-3-8(2)7-17-9-4-5-11(16)10(6-9)12(13,14)15/h4-6,8,17H,3,7,16H2,1-2H3. The minimum atomic E-state index is -4.40. The Morgan fingerprint density at radius 1 is 1.35 bits per heavy atom. The Balaban J connectivity index is 2.82. The Morgan fingerprint density at radius 3 is 2.53 bits per heavy atom. The van der Waals surface area contributed by atoms with E-state index in [4.69, 9.17) is 5.73 Å². The summed E-state index contributed by atoms with van der Waals surface area (Å²) < 4.78 is 37.8. The second kappa shape index (κ2) is 5.29. The summed E-state index contributed by atoms with van der Waals surface area (Å²) in [6, 6.07) is 3.90. The Hall–Kier alpha value is -1.39. The molecule has 3 N–H and O–H groups in total. The highest BCUT2D eigenvalue weighted by molar-refractivity contribution is 5.58. The summed E-state index contributed by atoms with van der Waals surface area (Å²) in [4.78, 5) is 0. The number of alkyl halides is 3. The number of rotatable bonds is 4. The van der Waals surface area contributed by atoms with Gasteiger partial charge in [-0.25, -0.2) is 0 Å². The minimum absolute atomic E-state index is 0.244.